The standard InChI is InChI=1S/C27H46N4O4/c1-25(2,3)35-24(33)31-19-12-27(10-17-29(18-11-27)21-4-5-21)22(20-31)34-23(32)30-15-8-26(9-16-30)6-13-28-14-7-26/h21-22,28H,4-20H2,1-3H3. The molecule has 1 aliphatic carbocycles. The van der Waals surface area contributed by atoms with Crippen LogP contribution in [0.2, 0.25) is 0 Å². The van der Waals surface area contributed by atoms with Crippen molar-refractivity contribution in [1.29, 1.82) is 0 Å². The van der Waals surface area contributed by atoms with Crippen LogP contribution in [0.3, 0.4) is 0 Å². The second-order valence-electron chi connectivity index (χ2n) is 12.9. The molecule has 5 fully saturated rings. The lowest BCUT2D eigenvalue weighted by atomic mass is 9.69. The van der Waals surface area contributed by atoms with Crippen LogP contribution < -0.4 is 5.32 Å². The molecule has 8 heteroatoms. The van der Waals surface area contributed by atoms with E-state index in [1.54, 1.807) is 4.90 Å². The molecule has 198 valence electrons. The van der Waals surface area contributed by atoms with Gasteiger partial charge in [0.1, 0.15) is 11.7 Å². The summed E-state index contributed by atoms with van der Waals surface area (Å²) in [6, 6.07) is 0.769. The maximum Gasteiger partial charge on any atom is 0.410 e. The van der Waals surface area contributed by atoms with E-state index >= 15 is 0 Å². The van der Waals surface area contributed by atoms with Gasteiger partial charge in [-0.3, -0.25) is 0 Å². The number of ether oxygens (including phenoxy) is 2. The molecule has 35 heavy (non-hydrogen) atoms. The normalized spacial score (nSPS) is 29.3. The maximum atomic E-state index is 13.4. The van der Waals surface area contributed by atoms with Gasteiger partial charge in [0.15, 0.2) is 0 Å². The Morgan fingerprint density at radius 1 is 0.800 bits per heavy atom. The van der Waals surface area contributed by atoms with Crippen molar-refractivity contribution in [3.8, 4) is 0 Å². The number of likely N-dealkylation sites (tertiary alicyclic amines) is 3. The summed E-state index contributed by atoms with van der Waals surface area (Å²) in [4.78, 5) is 32.6. The highest BCUT2D eigenvalue weighted by Crippen LogP contribution is 2.46. The van der Waals surface area contributed by atoms with E-state index in [1.807, 2.05) is 25.7 Å². The summed E-state index contributed by atoms with van der Waals surface area (Å²) < 4.78 is 12.0. The van der Waals surface area contributed by atoms with E-state index in [2.05, 4.69) is 10.2 Å². The fourth-order valence-electron chi connectivity index (χ4n) is 6.82. The van der Waals surface area contributed by atoms with Crippen molar-refractivity contribution in [2.45, 2.75) is 96.3 Å². The Kier molecular flexibility index (Phi) is 6.98. The average Bonchev–Trinajstić information content (AvgIpc) is 3.66. The fourth-order valence-corrected chi connectivity index (χ4v) is 6.82. The Morgan fingerprint density at radius 2 is 1.40 bits per heavy atom. The molecule has 4 aliphatic heterocycles. The molecule has 1 atom stereocenters. The quantitative estimate of drug-likeness (QED) is 0.634. The van der Waals surface area contributed by atoms with Crippen LogP contribution >= 0.6 is 0 Å². The molecular weight excluding hydrogens is 444 g/mol. The van der Waals surface area contributed by atoms with Crippen LogP contribution in [0.5, 0.6) is 0 Å². The van der Waals surface area contributed by atoms with Gasteiger partial charge < -0.3 is 29.5 Å². The van der Waals surface area contributed by atoms with E-state index in [1.165, 1.54) is 25.7 Å². The molecule has 0 bridgehead atoms. The maximum absolute atomic E-state index is 13.4. The molecule has 0 aromatic rings. The Hall–Kier alpha value is -1.54. The van der Waals surface area contributed by atoms with Crippen molar-refractivity contribution >= 4 is 12.2 Å². The molecule has 4 saturated heterocycles. The van der Waals surface area contributed by atoms with Crippen molar-refractivity contribution in [3.05, 3.63) is 0 Å². The summed E-state index contributed by atoms with van der Waals surface area (Å²) in [6.45, 7) is 12.7. The highest BCUT2D eigenvalue weighted by Gasteiger charge is 2.50. The van der Waals surface area contributed by atoms with Crippen LogP contribution in [-0.2, 0) is 9.47 Å². The van der Waals surface area contributed by atoms with Gasteiger partial charge in [0.2, 0.25) is 0 Å². The number of carbonyl (C=O) groups excluding carboxylic acids is 2. The predicted octanol–water partition coefficient (Wildman–Crippen LogP) is 3.84. The minimum Gasteiger partial charge on any atom is -0.444 e. The lowest BCUT2D eigenvalue weighted by Gasteiger charge is -2.51. The van der Waals surface area contributed by atoms with E-state index in [9.17, 15) is 9.59 Å². The number of carbonyl (C=O) groups is 2. The van der Waals surface area contributed by atoms with Crippen molar-refractivity contribution in [2.75, 3.05) is 52.4 Å². The Bertz CT molecular complexity index is 769. The summed E-state index contributed by atoms with van der Waals surface area (Å²) >= 11 is 0. The zero-order chi connectivity index (χ0) is 24.7. The Morgan fingerprint density at radius 3 is 2.00 bits per heavy atom. The first-order valence-electron chi connectivity index (χ1n) is 14.1. The number of nitrogens with one attached hydrogen (secondary N) is 1. The smallest absolute Gasteiger partial charge is 0.410 e. The molecule has 1 N–H and O–H groups in total. The van der Waals surface area contributed by atoms with Crippen LogP contribution in [0, 0.1) is 10.8 Å². The first-order valence-corrected chi connectivity index (χ1v) is 14.1. The van der Waals surface area contributed by atoms with Crippen molar-refractivity contribution in [1.82, 2.24) is 20.0 Å². The monoisotopic (exact) mass is 490 g/mol. The van der Waals surface area contributed by atoms with Crippen LogP contribution in [0.1, 0.15) is 78.6 Å². The lowest BCUT2D eigenvalue weighted by molar-refractivity contribution is -0.0932. The van der Waals surface area contributed by atoms with Crippen LogP contribution in [0.25, 0.3) is 0 Å². The molecule has 1 unspecified atom stereocenters. The van der Waals surface area contributed by atoms with Gasteiger partial charge >= 0.3 is 12.2 Å². The highest BCUT2D eigenvalue weighted by molar-refractivity contribution is 5.69. The molecule has 5 rings (SSSR count). The van der Waals surface area contributed by atoms with Gasteiger partial charge in [0.25, 0.3) is 0 Å². The molecule has 2 amide bonds. The Labute approximate surface area is 211 Å². The minimum absolute atomic E-state index is 0.0361. The number of hydrogen-bond acceptors (Lipinski definition) is 6. The number of amides is 2. The first-order chi connectivity index (χ1) is 16.7. The van der Waals surface area contributed by atoms with E-state index < -0.39 is 5.60 Å². The van der Waals surface area contributed by atoms with E-state index in [4.69, 9.17) is 9.47 Å². The molecule has 4 heterocycles. The zero-order valence-electron chi connectivity index (χ0n) is 22.2. The van der Waals surface area contributed by atoms with Gasteiger partial charge in [-0.05, 0) is 110 Å². The van der Waals surface area contributed by atoms with Gasteiger partial charge in [0, 0.05) is 31.1 Å². The van der Waals surface area contributed by atoms with Crippen LogP contribution in [0.4, 0.5) is 9.59 Å². The molecule has 0 aromatic carbocycles. The minimum atomic E-state index is -0.535. The summed E-state index contributed by atoms with van der Waals surface area (Å²) in [5, 5.41) is 3.47. The largest absolute Gasteiger partial charge is 0.444 e. The van der Waals surface area contributed by atoms with Gasteiger partial charge in [-0.25, -0.2) is 9.59 Å². The number of hydrogen-bond donors (Lipinski definition) is 1. The van der Waals surface area contributed by atoms with E-state index in [0.29, 0.717) is 18.5 Å². The molecule has 8 nitrogen and oxygen atoms in total. The molecule has 0 aromatic heterocycles. The average molecular weight is 491 g/mol. The van der Waals surface area contributed by atoms with Crippen LogP contribution in [-0.4, -0.2) is 97.0 Å². The predicted molar refractivity (Wildman–Crippen MR) is 134 cm³/mol. The number of nitrogens with zero attached hydrogens (tertiary/aromatic N) is 3. The summed E-state index contributed by atoms with van der Waals surface area (Å²) in [7, 11) is 0. The third-order valence-electron chi connectivity index (χ3n) is 9.45. The zero-order valence-corrected chi connectivity index (χ0v) is 22.2. The van der Waals surface area contributed by atoms with Crippen molar-refractivity contribution in [3.63, 3.8) is 0 Å². The molecule has 2 spiro atoms. The third kappa shape index (κ3) is 5.74. The number of rotatable bonds is 2. The molecular formula is C27H46N4O4. The van der Waals surface area contributed by atoms with Gasteiger partial charge in [0.05, 0.1) is 6.54 Å². The van der Waals surface area contributed by atoms with Crippen LogP contribution in [0.15, 0.2) is 0 Å². The van der Waals surface area contributed by atoms with Gasteiger partial charge in [-0.1, -0.05) is 0 Å². The third-order valence-corrected chi connectivity index (χ3v) is 9.45. The molecule has 0 radical (unpaired) electrons. The van der Waals surface area contributed by atoms with Crippen molar-refractivity contribution in [2.24, 2.45) is 10.8 Å². The van der Waals surface area contributed by atoms with Crippen molar-refractivity contribution < 1.29 is 19.1 Å². The second-order valence-corrected chi connectivity index (χ2v) is 12.9. The second kappa shape index (κ2) is 9.73. The topological polar surface area (TPSA) is 74.4 Å². The van der Waals surface area contributed by atoms with Gasteiger partial charge in [-0.2, -0.15) is 0 Å². The van der Waals surface area contributed by atoms with E-state index in [-0.39, 0.29) is 23.7 Å². The first kappa shape index (κ1) is 25.1. The summed E-state index contributed by atoms with van der Waals surface area (Å²) in [6.07, 6.45) is 9.41. The Balaban J connectivity index is 1.24. The summed E-state index contributed by atoms with van der Waals surface area (Å²) in [5.41, 5.74) is -0.171. The van der Waals surface area contributed by atoms with E-state index in [0.717, 1.165) is 77.4 Å². The SMILES string of the molecule is CC(C)(C)OC(=O)N1CCC2(CCN(C3CC3)CC2)C(OC(=O)N2CCC3(CCNCC3)CC2)C1. The number of piperidine rings is 4. The molecule has 1 saturated carbocycles. The highest BCUT2D eigenvalue weighted by atomic mass is 16.6. The fraction of sp³-hybridized carbons (Fsp3) is 0.926. The molecule has 5 aliphatic rings. The van der Waals surface area contributed by atoms with Gasteiger partial charge in [-0.15, -0.1) is 0 Å². The lowest BCUT2D eigenvalue weighted by Crippen LogP contribution is -2.59. The summed E-state index contributed by atoms with van der Waals surface area (Å²) in [5.74, 6) is 0.